The van der Waals surface area contributed by atoms with E-state index >= 15 is 0 Å². The largest absolute Gasteiger partial charge is 0.363 e. The molecular formula is C48H56N2. The third-order valence-electron chi connectivity index (χ3n) is 13.4. The maximum absolute atomic E-state index is 5.49. The molecule has 1 aromatic carbocycles. The highest BCUT2D eigenvalue weighted by molar-refractivity contribution is 6.13. The summed E-state index contributed by atoms with van der Waals surface area (Å²) in [5.74, 6) is 0.958. The number of aliphatic imine (C=N–C) groups is 1. The second-order valence-corrected chi connectivity index (χ2v) is 16.2. The van der Waals surface area contributed by atoms with Crippen molar-refractivity contribution in [3.8, 4) is 0 Å². The van der Waals surface area contributed by atoms with Gasteiger partial charge in [0.05, 0.1) is 11.1 Å². The SMILES string of the molecule is CC1=C(C2C=CC=CC2)NC(C2=CCCC=C2)N=C1C1=CCC(c2cccc3c2C2=C(CCCC2)C3(C2=CCCCC2)C2=CCCCC2)CC1. The standard InChI is InChI=1S/C48H56N2/c1-33-45(35-17-6-2-7-18-35)49-47(37-19-8-3-9-20-37)50-46(33)36-31-29-34(30-32-36)40-26-16-28-43-44(40)41-25-14-15-27-42(41)48(43,38-21-10-4-11-22-38)39-23-12-5-13-24-39/h2,6-8,16-17,19-21,23,26,28,31,34-35,47,49H,3-5,9-15,18,22,24-25,27,29-30,32H2,1H3. The molecule has 0 fully saturated rings. The van der Waals surface area contributed by atoms with Gasteiger partial charge < -0.3 is 5.32 Å². The van der Waals surface area contributed by atoms with Gasteiger partial charge in [0, 0.05) is 11.6 Å². The van der Waals surface area contributed by atoms with Crippen LogP contribution in [0.4, 0.5) is 0 Å². The molecule has 3 unspecified atom stereocenters. The Hall–Kier alpha value is -3.65. The van der Waals surface area contributed by atoms with Crippen molar-refractivity contribution >= 4 is 11.3 Å². The first-order valence-corrected chi connectivity index (χ1v) is 20.4. The van der Waals surface area contributed by atoms with Gasteiger partial charge in [-0.05, 0) is 173 Å². The molecule has 2 nitrogen and oxygen atoms in total. The summed E-state index contributed by atoms with van der Waals surface area (Å²) in [6.45, 7) is 2.32. The fraction of sp³-hybridized carbons (Fsp3) is 0.479. The average molecular weight is 661 g/mol. The molecule has 2 heteroatoms. The second-order valence-electron chi connectivity index (χ2n) is 16.2. The van der Waals surface area contributed by atoms with Gasteiger partial charge in [0.15, 0.2) is 0 Å². The minimum Gasteiger partial charge on any atom is -0.363 e. The molecule has 0 saturated carbocycles. The third-order valence-corrected chi connectivity index (χ3v) is 13.4. The van der Waals surface area contributed by atoms with E-state index in [0.717, 1.165) is 32.1 Å². The zero-order valence-corrected chi connectivity index (χ0v) is 30.4. The Labute approximate surface area is 301 Å². The Bertz CT molecular complexity index is 1830. The maximum atomic E-state index is 5.49. The van der Waals surface area contributed by atoms with E-state index < -0.39 is 0 Å². The quantitative estimate of drug-likeness (QED) is 0.302. The number of rotatable bonds is 6. The Kier molecular flexibility index (Phi) is 8.92. The van der Waals surface area contributed by atoms with Crippen molar-refractivity contribution in [3.63, 3.8) is 0 Å². The van der Waals surface area contributed by atoms with Crippen LogP contribution in [0.3, 0.4) is 0 Å². The number of hydrogen-bond donors (Lipinski definition) is 1. The van der Waals surface area contributed by atoms with Crippen LogP contribution in [0, 0.1) is 5.92 Å². The topological polar surface area (TPSA) is 24.4 Å². The molecule has 258 valence electrons. The lowest BCUT2D eigenvalue weighted by Crippen LogP contribution is -2.38. The van der Waals surface area contributed by atoms with E-state index in [1.54, 1.807) is 33.4 Å². The molecule has 7 aliphatic carbocycles. The molecule has 0 amide bonds. The molecule has 0 saturated heterocycles. The number of nitrogens with one attached hydrogen (secondary N) is 1. The van der Waals surface area contributed by atoms with Gasteiger partial charge >= 0.3 is 0 Å². The summed E-state index contributed by atoms with van der Waals surface area (Å²) in [5, 5.41) is 3.91. The number of nitrogens with zero attached hydrogens (tertiary/aromatic N) is 1. The van der Waals surface area contributed by atoms with Crippen LogP contribution in [0.5, 0.6) is 0 Å². The normalized spacial score (nSPS) is 29.0. The Morgan fingerprint density at radius 1 is 0.760 bits per heavy atom. The molecular weight excluding hydrogens is 605 g/mol. The lowest BCUT2D eigenvalue weighted by molar-refractivity contribution is 0.527. The Morgan fingerprint density at radius 2 is 1.58 bits per heavy atom. The van der Waals surface area contributed by atoms with Gasteiger partial charge in [-0.2, -0.15) is 0 Å². The van der Waals surface area contributed by atoms with Crippen LogP contribution in [-0.4, -0.2) is 11.9 Å². The zero-order chi connectivity index (χ0) is 33.5. The maximum Gasteiger partial charge on any atom is 0.144 e. The van der Waals surface area contributed by atoms with Gasteiger partial charge in [-0.3, -0.25) is 4.99 Å². The van der Waals surface area contributed by atoms with Crippen LogP contribution in [0.2, 0.25) is 0 Å². The van der Waals surface area contributed by atoms with Gasteiger partial charge in [-0.25, -0.2) is 0 Å². The molecule has 0 radical (unpaired) electrons. The van der Waals surface area contributed by atoms with Gasteiger partial charge in [0.1, 0.15) is 6.17 Å². The first-order valence-electron chi connectivity index (χ1n) is 20.4. The van der Waals surface area contributed by atoms with Crippen molar-refractivity contribution in [1.29, 1.82) is 0 Å². The molecule has 3 atom stereocenters. The van der Waals surface area contributed by atoms with E-state index in [2.05, 4.69) is 91.2 Å². The van der Waals surface area contributed by atoms with Crippen LogP contribution in [0.25, 0.3) is 5.57 Å². The Balaban J connectivity index is 1.09. The Morgan fingerprint density at radius 3 is 2.28 bits per heavy atom. The summed E-state index contributed by atoms with van der Waals surface area (Å²) in [6, 6.07) is 7.56. The fourth-order valence-electron chi connectivity index (χ4n) is 11.1. The van der Waals surface area contributed by atoms with Crippen molar-refractivity contribution in [2.75, 3.05) is 0 Å². The van der Waals surface area contributed by atoms with Crippen LogP contribution < -0.4 is 5.32 Å². The highest BCUT2D eigenvalue weighted by Crippen LogP contribution is 2.62. The summed E-state index contributed by atoms with van der Waals surface area (Å²) in [5.41, 5.74) is 18.9. The van der Waals surface area contributed by atoms with Crippen molar-refractivity contribution in [3.05, 3.63) is 135 Å². The monoisotopic (exact) mass is 660 g/mol. The summed E-state index contributed by atoms with van der Waals surface area (Å²) >= 11 is 0. The van der Waals surface area contributed by atoms with Crippen molar-refractivity contribution in [2.24, 2.45) is 10.9 Å². The summed E-state index contributed by atoms with van der Waals surface area (Å²) in [6.07, 6.45) is 46.6. The minimum absolute atomic E-state index is 0.00328. The number of fused-ring (bicyclic) bond motifs is 2. The van der Waals surface area contributed by atoms with Gasteiger partial charge in [-0.1, -0.05) is 90.1 Å². The van der Waals surface area contributed by atoms with E-state index in [9.17, 15) is 0 Å². The number of benzene rings is 1. The van der Waals surface area contributed by atoms with Crippen LogP contribution >= 0.6 is 0 Å². The first-order chi connectivity index (χ1) is 24.7. The first kappa shape index (κ1) is 32.3. The number of allylic oxidation sites excluding steroid dienone is 15. The molecule has 0 spiro atoms. The summed E-state index contributed by atoms with van der Waals surface area (Å²) < 4.78 is 0. The smallest absolute Gasteiger partial charge is 0.144 e. The van der Waals surface area contributed by atoms with Crippen LogP contribution in [-0.2, 0) is 5.41 Å². The predicted octanol–water partition coefficient (Wildman–Crippen LogP) is 12.5. The van der Waals surface area contributed by atoms with Gasteiger partial charge in [0.2, 0.25) is 0 Å². The predicted molar refractivity (Wildman–Crippen MR) is 211 cm³/mol. The number of hydrogen-bond acceptors (Lipinski definition) is 2. The fourth-order valence-corrected chi connectivity index (χ4v) is 11.1. The summed E-state index contributed by atoms with van der Waals surface area (Å²) in [4.78, 5) is 5.49. The van der Waals surface area contributed by atoms with E-state index in [1.807, 2.05) is 5.57 Å². The molecule has 1 aromatic rings. The minimum atomic E-state index is 0.00328. The molecule has 8 aliphatic rings. The molecule has 9 rings (SSSR count). The van der Waals surface area contributed by atoms with Crippen LogP contribution in [0.15, 0.2) is 123 Å². The van der Waals surface area contributed by atoms with Crippen molar-refractivity contribution in [2.45, 2.75) is 140 Å². The highest BCUT2D eigenvalue weighted by atomic mass is 15.1. The molecule has 1 heterocycles. The lowest BCUT2D eigenvalue weighted by Gasteiger charge is -2.43. The second kappa shape index (κ2) is 13.8. The molecule has 0 bridgehead atoms. The average Bonchev–Trinajstić information content (AvgIpc) is 3.51. The van der Waals surface area contributed by atoms with E-state index in [0.29, 0.717) is 11.8 Å². The third kappa shape index (κ3) is 5.48. The molecule has 50 heavy (non-hydrogen) atoms. The van der Waals surface area contributed by atoms with Crippen molar-refractivity contribution < 1.29 is 0 Å². The van der Waals surface area contributed by atoms with E-state index in [1.165, 1.54) is 112 Å². The molecule has 1 aliphatic heterocycles. The zero-order valence-electron chi connectivity index (χ0n) is 30.4. The molecule has 0 aromatic heterocycles. The summed E-state index contributed by atoms with van der Waals surface area (Å²) in [7, 11) is 0. The highest BCUT2D eigenvalue weighted by Gasteiger charge is 2.51. The van der Waals surface area contributed by atoms with Crippen LogP contribution in [0.1, 0.15) is 145 Å². The lowest BCUT2D eigenvalue weighted by atomic mass is 9.60. The molecule has 1 N–H and O–H groups in total. The van der Waals surface area contributed by atoms with Crippen molar-refractivity contribution in [1.82, 2.24) is 5.32 Å². The van der Waals surface area contributed by atoms with Gasteiger partial charge in [0.25, 0.3) is 0 Å². The van der Waals surface area contributed by atoms with E-state index in [-0.39, 0.29) is 11.6 Å². The van der Waals surface area contributed by atoms with E-state index in [4.69, 9.17) is 4.99 Å². The van der Waals surface area contributed by atoms with Gasteiger partial charge in [-0.15, -0.1) is 0 Å².